The molecule has 5 atom stereocenters. The Morgan fingerprint density at radius 1 is 1.17 bits per heavy atom. The summed E-state index contributed by atoms with van der Waals surface area (Å²) in [6.07, 6.45) is 2.38. The van der Waals surface area contributed by atoms with Crippen LogP contribution < -0.4 is 21.7 Å². The van der Waals surface area contributed by atoms with Crippen LogP contribution in [0.2, 0.25) is 0 Å². The second-order valence-electron chi connectivity index (χ2n) is 7.10. The first kappa shape index (κ1) is 25.0. The Labute approximate surface area is 174 Å². The van der Waals surface area contributed by atoms with Gasteiger partial charge < -0.3 is 36.9 Å². The molecule has 0 saturated heterocycles. The van der Waals surface area contributed by atoms with Crippen molar-refractivity contribution < 1.29 is 29.4 Å². The van der Waals surface area contributed by atoms with E-state index in [1.54, 1.807) is 13.8 Å². The second-order valence-corrected chi connectivity index (χ2v) is 7.10. The van der Waals surface area contributed by atoms with Gasteiger partial charge in [-0.15, -0.1) is 0 Å². The number of aromatic nitrogens is 2. The summed E-state index contributed by atoms with van der Waals surface area (Å²) in [5.41, 5.74) is 6.42. The fraction of sp³-hybridized carbons (Fsp3) is 0.611. The zero-order valence-electron chi connectivity index (χ0n) is 17.2. The third kappa shape index (κ3) is 7.79. The van der Waals surface area contributed by atoms with Gasteiger partial charge in [-0.1, -0.05) is 20.3 Å². The summed E-state index contributed by atoms with van der Waals surface area (Å²) in [7, 11) is 0. The van der Waals surface area contributed by atoms with E-state index in [0.29, 0.717) is 12.1 Å². The molecule has 1 heterocycles. The van der Waals surface area contributed by atoms with E-state index in [1.807, 2.05) is 0 Å². The Hall–Kier alpha value is -2.99. The topological polar surface area (TPSA) is 200 Å². The van der Waals surface area contributed by atoms with Crippen molar-refractivity contribution in [3.8, 4) is 0 Å². The highest BCUT2D eigenvalue weighted by molar-refractivity contribution is 5.92. The molecule has 0 aromatic carbocycles. The fourth-order valence-corrected chi connectivity index (χ4v) is 2.58. The number of carboxylic acids is 1. The average molecular weight is 426 g/mol. The second kappa shape index (κ2) is 11.9. The van der Waals surface area contributed by atoms with E-state index >= 15 is 0 Å². The van der Waals surface area contributed by atoms with Crippen molar-refractivity contribution in [3.63, 3.8) is 0 Å². The van der Waals surface area contributed by atoms with Gasteiger partial charge in [-0.2, -0.15) is 0 Å². The van der Waals surface area contributed by atoms with Crippen LogP contribution in [0.1, 0.15) is 32.9 Å². The molecule has 12 heteroatoms. The van der Waals surface area contributed by atoms with E-state index in [2.05, 4.69) is 25.9 Å². The maximum Gasteiger partial charge on any atom is 0.326 e. The number of carbonyl (C=O) groups is 4. The molecule has 0 saturated carbocycles. The highest BCUT2D eigenvalue weighted by Crippen LogP contribution is 2.08. The predicted molar refractivity (Wildman–Crippen MR) is 106 cm³/mol. The van der Waals surface area contributed by atoms with Crippen LogP contribution in [0.5, 0.6) is 0 Å². The van der Waals surface area contributed by atoms with Gasteiger partial charge in [-0.25, -0.2) is 9.78 Å². The molecule has 0 aliphatic carbocycles. The van der Waals surface area contributed by atoms with Gasteiger partial charge in [0.25, 0.3) is 0 Å². The Morgan fingerprint density at radius 2 is 1.83 bits per heavy atom. The number of aliphatic hydroxyl groups excluding tert-OH is 1. The van der Waals surface area contributed by atoms with Crippen molar-refractivity contribution in [1.29, 1.82) is 0 Å². The van der Waals surface area contributed by atoms with Gasteiger partial charge in [0.2, 0.25) is 17.7 Å². The van der Waals surface area contributed by atoms with Crippen LogP contribution in [0, 0.1) is 5.92 Å². The molecule has 8 N–H and O–H groups in total. The zero-order chi connectivity index (χ0) is 22.8. The molecule has 0 aliphatic rings. The maximum absolute atomic E-state index is 12.4. The van der Waals surface area contributed by atoms with Crippen molar-refractivity contribution in [2.45, 2.75) is 57.8 Å². The SMILES string of the molecule is CCC(C)C(NC(=O)C(NC(=O)CNC(=O)C(N)Cc1cnc[nH]1)C(C)O)C(=O)O. The molecule has 0 spiro atoms. The van der Waals surface area contributed by atoms with E-state index < -0.39 is 54.5 Å². The first-order valence-electron chi connectivity index (χ1n) is 9.57. The van der Waals surface area contributed by atoms with Crippen molar-refractivity contribution in [1.82, 2.24) is 25.9 Å². The van der Waals surface area contributed by atoms with Crippen LogP contribution in [0.25, 0.3) is 0 Å². The number of amides is 3. The maximum atomic E-state index is 12.4. The minimum Gasteiger partial charge on any atom is -0.480 e. The molecule has 0 radical (unpaired) electrons. The number of hydrogen-bond donors (Lipinski definition) is 7. The quantitative estimate of drug-likeness (QED) is 0.196. The monoisotopic (exact) mass is 426 g/mol. The Bertz CT molecular complexity index is 723. The van der Waals surface area contributed by atoms with Gasteiger partial charge in [-0.05, 0) is 12.8 Å². The van der Waals surface area contributed by atoms with E-state index in [1.165, 1.54) is 19.4 Å². The Kier molecular flexibility index (Phi) is 9.92. The fourth-order valence-electron chi connectivity index (χ4n) is 2.58. The number of aromatic amines is 1. The van der Waals surface area contributed by atoms with Crippen molar-refractivity contribution >= 4 is 23.7 Å². The third-order valence-electron chi connectivity index (χ3n) is 4.61. The number of carbonyl (C=O) groups excluding carboxylic acids is 3. The molecule has 0 fully saturated rings. The molecule has 1 aromatic rings. The lowest BCUT2D eigenvalue weighted by Gasteiger charge is -2.25. The normalized spacial score (nSPS) is 15.9. The van der Waals surface area contributed by atoms with Gasteiger partial charge in [0.15, 0.2) is 0 Å². The highest BCUT2D eigenvalue weighted by Gasteiger charge is 2.31. The number of aliphatic carboxylic acids is 1. The van der Waals surface area contributed by atoms with Crippen LogP contribution >= 0.6 is 0 Å². The van der Waals surface area contributed by atoms with Crippen LogP contribution in [-0.4, -0.2) is 74.6 Å². The first-order valence-corrected chi connectivity index (χ1v) is 9.57. The summed E-state index contributed by atoms with van der Waals surface area (Å²) < 4.78 is 0. The number of nitrogens with zero attached hydrogens (tertiary/aromatic N) is 1. The molecule has 168 valence electrons. The lowest BCUT2D eigenvalue weighted by molar-refractivity contribution is -0.144. The number of carboxylic acid groups (broad SMARTS) is 1. The third-order valence-corrected chi connectivity index (χ3v) is 4.61. The van der Waals surface area contributed by atoms with Gasteiger partial charge >= 0.3 is 5.97 Å². The van der Waals surface area contributed by atoms with E-state index in [9.17, 15) is 29.4 Å². The van der Waals surface area contributed by atoms with E-state index in [-0.39, 0.29) is 12.3 Å². The molecule has 0 aliphatic heterocycles. The molecular weight excluding hydrogens is 396 g/mol. The summed E-state index contributed by atoms with van der Waals surface area (Å²) in [6.45, 7) is 4.25. The lowest BCUT2D eigenvalue weighted by atomic mass is 9.98. The predicted octanol–water partition coefficient (Wildman–Crippen LogP) is -2.12. The number of imidazole rings is 1. The molecule has 1 aromatic heterocycles. The number of aliphatic hydroxyl groups is 1. The summed E-state index contributed by atoms with van der Waals surface area (Å²) >= 11 is 0. The summed E-state index contributed by atoms with van der Waals surface area (Å²) in [5, 5.41) is 26.1. The number of hydrogen-bond acceptors (Lipinski definition) is 7. The van der Waals surface area contributed by atoms with Crippen LogP contribution in [0.15, 0.2) is 12.5 Å². The Balaban J connectivity index is 2.60. The first-order chi connectivity index (χ1) is 14.1. The van der Waals surface area contributed by atoms with Crippen molar-refractivity contribution in [3.05, 3.63) is 18.2 Å². The van der Waals surface area contributed by atoms with E-state index in [0.717, 1.165) is 0 Å². The molecule has 5 unspecified atom stereocenters. The summed E-state index contributed by atoms with van der Waals surface area (Å²) in [5.74, 6) is -3.73. The molecule has 0 bridgehead atoms. The standard InChI is InChI=1S/C18H30N6O6/c1-4-9(2)14(18(29)30)24-17(28)15(10(3)25)23-13(26)7-21-16(27)12(19)5-11-6-20-8-22-11/h6,8-10,12,14-15,25H,4-5,7,19H2,1-3H3,(H,20,22)(H,21,27)(H,23,26)(H,24,28)(H,29,30). The van der Waals surface area contributed by atoms with Gasteiger partial charge in [0.1, 0.15) is 12.1 Å². The molecule has 3 amide bonds. The number of H-pyrrole nitrogens is 1. The summed E-state index contributed by atoms with van der Waals surface area (Å²) in [4.78, 5) is 54.6. The molecule has 1 rings (SSSR count). The van der Waals surface area contributed by atoms with Crippen molar-refractivity contribution in [2.24, 2.45) is 11.7 Å². The van der Waals surface area contributed by atoms with Crippen LogP contribution in [0.4, 0.5) is 0 Å². The van der Waals surface area contributed by atoms with Crippen LogP contribution in [-0.2, 0) is 25.6 Å². The Morgan fingerprint density at radius 3 is 2.33 bits per heavy atom. The minimum absolute atomic E-state index is 0.193. The smallest absolute Gasteiger partial charge is 0.326 e. The van der Waals surface area contributed by atoms with Gasteiger partial charge in [0.05, 0.1) is 25.0 Å². The number of nitrogens with one attached hydrogen (secondary N) is 4. The van der Waals surface area contributed by atoms with Crippen LogP contribution in [0.3, 0.4) is 0 Å². The molecule has 30 heavy (non-hydrogen) atoms. The number of rotatable bonds is 12. The zero-order valence-corrected chi connectivity index (χ0v) is 17.2. The number of nitrogens with two attached hydrogens (primary N) is 1. The minimum atomic E-state index is -1.39. The average Bonchev–Trinajstić information content (AvgIpc) is 3.19. The van der Waals surface area contributed by atoms with Gasteiger partial charge in [-0.3, -0.25) is 14.4 Å². The van der Waals surface area contributed by atoms with Crippen molar-refractivity contribution in [2.75, 3.05) is 6.54 Å². The van der Waals surface area contributed by atoms with E-state index in [4.69, 9.17) is 5.73 Å². The molecule has 12 nitrogen and oxygen atoms in total. The molecular formula is C18H30N6O6. The highest BCUT2D eigenvalue weighted by atomic mass is 16.4. The summed E-state index contributed by atoms with van der Waals surface area (Å²) in [6, 6.07) is -3.47. The largest absolute Gasteiger partial charge is 0.480 e. The van der Waals surface area contributed by atoms with Gasteiger partial charge in [0, 0.05) is 18.3 Å². The lowest BCUT2D eigenvalue weighted by Crippen LogP contribution is -2.58.